The molecule has 0 saturated heterocycles. The molecular weight excluding hydrogens is 244 g/mol. The first kappa shape index (κ1) is 18.4. The zero-order valence-electron chi connectivity index (χ0n) is 10.7. The van der Waals surface area contributed by atoms with Gasteiger partial charge in [0.1, 0.15) is 0 Å². The number of hydrogen-bond donors (Lipinski definition) is 2. The van der Waals surface area contributed by atoms with Crippen LogP contribution in [0, 0.1) is 5.92 Å². The molecule has 0 aromatic heterocycles. The molecule has 0 fully saturated rings. The predicted octanol–water partition coefficient (Wildman–Crippen LogP) is 2.04. The van der Waals surface area contributed by atoms with Crippen LogP contribution in [0.15, 0.2) is 0 Å². The van der Waals surface area contributed by atoms with Crippen molar-refractivity contribution in [2.45, 2.75) is 39.7 Å². The van der Waals surface area contributed by atoms with Gasteiger partial charge >= 0.3 is 0 Å². The number of hydrogen-bond acceptors (Lipinski definition) is 3. The molecule has 0 aliphatic rings. The van der Waals surface area contributed by atoms with Crippen LogP contribution < -0.4 is 11.1 Å². The SMILES string of the molecule is CCCSCC(=O)NC(C)(CN)C(C)C.Cl. The van der Waals surface area contributed by atoms with Gasteiger partial charge in [0.2, 0.25) is 5.91 Å². The molecule has 5 heteroatoms. The average Bonchev–Trinajstić information content (AvgIpc) is 2.17. The Kier molecular flexibility index (Phi) is 10.5. The molecule has 0 heterocycles. The largest absolute Gasteiger partial charge is 0.349 e. The van der Waals surface area contributed by atoms with Crippen molar-refractivity contribution in [1.29, 1.82) is 0 Å². The zero-order valence-corrected chi connectivity index (χ0v) is 12.3. The molecule has 3 N–H and O–H groups in total. The number of carbonyl (C=O) groups is 1. The Labute approximate surface area is 110 Å². The highest BCUT2D eigenvalue weighted by Crippen LogP contribution is 2.15. The molecule has 0 aliphatic heterocycles. The summed E-state index contributed by atoms with van der Waals surface area (Å²) in [6, 6.07) is 0. The number of amides is 1. The Balaban J connectivity index is 0. The molecule has 0 radical (unpaired) electrons. The summed E-state index contributed by atoms with van der Waals surface area (Å²) in [6.45, 7) is 8.75. The van der Waals surface area contributed by atoms with Crippen LogP contribution in [0.4, 0.5) is 0 Å². The fourth-order valence-electron chi connectivity index (χ4n) is 1.09. The second-order valence-corrected chi connectivity index (χ2v) is 5.48. The fraction of sp³-hybridized carbons (Fsp3) is 0.909. The van der Waals surface area contributed by atoms with E-state index < -0.39 is 0 Å². The van der Waals surface area contributed by atoms with E-state index in [1.165, 1.54) is 0 Å². The molecule has 1 atom stereocenters. The summed E-state index contributed by atoms with van der Waals surface area (Å²) in [5.74, 6) is 2.02. The molecule has 0 aliphatic carbocycles. The summed E-state index contributed by atoms with van der Waals surface area (Å²) in [5, 5.41) is 3.02. The molecule has 1 unspecified atom stereocenters. The maximum atomic E-state index is 11.6. The van der Waals surface area contributed by atoms with E-state index in [0.29, 0.717) is 18.2 Å². The topological polar surface area (TPSA) is 55.1 Å². The maximum Gasteiger partial charge on any atom is 0.230 e. The minimum Gasteiger partial charge on any atom is -0.349 e. The number of carbonyl (C=O) groups excluding carboxylic acids is 1. The number of nitrogens with one attached hydrogen (secondary N) is 1. The van der Waals surface area contributed by atoms with Crippen molar-refractivity contribution >= 4 is 30.1 Å². The van der Waals surface area contributed by atoms with Gasteiger partial charge < -0.3 is 11.1 Å². The molecule has 0 aromatic carbocycles. The maximum absolute atomic E-state index is 11.6. The van der Waals surface area contributed by atoms with Crippen LogP contribution in [0.1, 0.15) is 34.1 Å². The van der Waals surface area contributed by atoms with Gasteiger partial charge in [-0.3, -0.25) is 4.79 Å². The van der Waals surface area contributed by atoms with Crippen LogP contribution in [-0.4, -0.2) is 29.5 Å². The highest BCUT2D eigenvalue weighted by atomic mass is 35.5. The lowest BCUT2D eigenvalue weighted by Gasteiger charge is -2.33. The van der Waals surface area contributed by atoms with Crippen molar-refractivity contribution in [3.05, 3.63) is 0 Å². The van der Waals surface area contributed by atoms with E-state index in [2.05, 4.69) is 26.1 Å². The first-order chi connectivity index (χ1) is 6.96. The third-order valence-corrected chi connectivity index (χ3v) is 3.87. The predicted molar refractivity (Wildman–Crippen MR) is 75.3 cm³/mol. The van der Waals surface area contributed by atoms with Gasteiger partial charge in [-0.15, -0.1) is 12.4 Å². The second kappa shape index (κ2) is 9.14. The highest BCUT2D eigenvalue weighted by Gasteiger charge is 2.28. The van der Waals surface area contributed by atoms with E-state index in [4.69, 9.17) is 5.73 Å². The molecule has 16 heavy (non-hydrogen) atoms. The number of thioether (sulfide) groups is 1. The quantitative estimate of drug-likeness (QED) is 0.695. The molecule has 0 spiro atoms. The van der Waals surface area contributed by atoms with E-state index in [0.717, 1.165) is 12.2 Å². The average molecular weight is 269 g/mol. The van der Waals surface area contributed by atoms with Crippen LogP contribution in [0.25, 0.3) is 0 Å². The van der Waals surface area contributed by atoms with E-state index in [-0.39, 0.29) is 23.9 Å². The van der Waals surface area contributed by atoms with Crippen LogP contribution in [-0.2, 0) is 4.79 Å². The van der Waals surface area contributed by atoms with Crippen molar-refractivity contribution < 1.29 is 4.79 Å². The van der Waals surface area contributed by atoms with Gasteiger partial charge in [-0.05, 0) is 25.0 Å². The van der Waals surface area contributed by atoms with Crippen LogP contribution in [0.2, 0.25) is 0 Å². The fourth-order valence-corrected chi connectivity index (χ4v) is 1.79. The summed E-state index contributed by atoms with van der Waals surface area (Å²) in [7, 11) is 0. The van der Waals surface area contributed by atoms with Gasteiger partial charge in [0, 0.05) is 6.54 Å². The molecule has 0 aromatic rings. The minimum atomic E-state index is -0.274. The Morgan fingerprint density at radius 3 is 2.44 bits per heavy atom. The smallest absolute Gasteiger partial charge is 0.230 e. The van der Waals surface area contributed by atoms with Crippen molar-refractivity contribution in [1.82, 2.24) is 5.32 Å². The Bertz CT molecular complexity index is 202. The summed E-state index contributed by atoms with van der Waals surface area (Å²) >= 11 is 1.67. The molecule has 0 rings (SSSR count). The van der Waals surface area contributed by atoms with Crippen molar-refractivity contribution in [2.24, 2.45) is 11.7 Å². The van der Waals surface area contributed by atoms with Gasteiger partial charge in [0.05, 0.1) is 11.3 Å². The Morgan fingerprint density at radius 2 is 2.06 bits per heavy atom. The highest BCUT2D eigenvalue weighted by molar-refractivity contribution is 7.99. The van der Waals surface area contributed by atoms with Crippen LogP contribution in [0.5, 0.6) is 0 Å². The van der Waals surface area contributed by atoms with Crippen molar-refractivity contribution in [2.75, 3.05) is 18.1 Å². The Hall–Kier alpha value is 0.0700. The first-order valence-corrected chi connectivity index (χ1v) is 6.70. The van der Waals surface area contributed by atoms with Crippen LogP contribution in [0.3, 0.4) is 0 Å². The van der Waals surface area contributed by atoms with Crippen molar-refractivity contribution in [3.63, 3.8) is 0 Å². The summed E-state index contributed by atoms with van der Waals surface area (Å²) < 4.78 is 0. The number of halogens is 1. The molecule has 98 valence electrons. The van der Waals surface area contributed by atoms with E-state index in [9.17, 15) is 4.79 Å². The lowest BCUT2D eigenvalue weighted by atomic mass is 9.88. The van der Waals surface area contributed by atoms with Crippen molar-refractivity contribution in [3.8, 4) is 0 Å². The minimum absolute atomic E-state index is 0. The van der Waals surface area contributed by atoms with E-state index in [1.807, 2.05) is 6.92 Å². The van der Waals surface area contributed by atoms with Crippen LogP contribution >= 0.6 is 24.2 Å². The standard InChI is InChI=1S/C11H24N2OS.ClH/c1-5-6-15-7-10(14)13-11(4,8-12)9(2)3;/h9H,5-8,12H2,1-4H3,(H,13,14);1H. The second-order valence-electron chi connectivity index (χ2n) is 4.38. The lowest BCUT2D eigenvalue weighted by Crippen LogP contribution is -2.55. The third kappa shape index (κ3) is 6.61. The molecule has 1 amide bonds. The normalized spacial score (nSPS) is 14.1. The first-order valence-electron chi connectivity index (χ1n) is 5.55. The van der Waals surface area contributed by atoms with Gasteiger partial charge in [-0.25, -0.2) is 0 Å². The summed E-state index contributed by atoms with van der Waals surface area (Å²) in [6.07, 6.45) is 1.11. The van der Waals surface area contributed by atoms with Gasteiger partial charge in [0.25, 0.3) is 0 Å². The monoisotopic (exact) mass is 268 g/mol. The summed E-state index contributed by atoms with van der Waals surface area (Å²) in [5.41, 5.74) is 5.42. The summed E-state index contributed by atoms with van der Waals surface area (Å²) in [4.78, 5) is 11.6. The lowest BCUT2D eigenvalue weighted by molar-refractivity contribution is -0.120. The van der Waals surface area contributed by atoms with Gasteiger partial charge in [-0.2, -0.15) is 11.8 Å². The number of nitrogens with two attached hydrogens (primary N) is 1. The van der Waals surface area contributed by atoms with Gasteiger partial charge in [0.15, 0.2) is 0 Å². The van der Waals surface area contributed by atoms with Gasteiger partial charge in [-0.1, -0.05) is 20.8 Å². The molecule has 3 nitrogen and oxygen atoms in total. The zero-order chi connectivity index (χ0) is 11.9. The molecular formula is C11H25ClN2OS. The number of rotatable bonds is 7. The third-order valence-electron chi connectivity index (χ3n) is 2.70. The Morgan fingerprint density at radius 1 is 1.50 bits per heavy atom. The molecule has 0 bridgehead atoms. The van der Waals surface area contributed by atoms with E-state index in [1.54, 1.807) is 11.8 Å². The van der Waals surface area contributed by atoms with E-state index >= 15 is 0 Å². The molecule has 0 saturated carbocycles.